The molecule has 2 unspecified atom stereocenters. The molecular formula is C19H21Cl2NO5S. The first-order chi connectivity index (χ1) is 13.1. The van der Waals surface area contributed by atoms with Crippen molar-refractivity contribution in [2.75, 3.05) is 11.9 Å². The molecule has 0 aliphatic carbocycles. The Hall–Kier alpha value is -1.80. The SMILES string of the molecule is CCOC(=O)c1c(NC(O)C(C)Oc2ccc(Cl)cc2Cl)sc(C(C)=O)c1C. The maximum absolute atomic E-state index is 12.3. The standard InChI is InChI=1S/C19H21Cl2NO5S/c1-5-26-19(25)15-9(2)16(10(3)23)28-18(15)22-17(24)11(4)27-14-7-6-12(20)8-13(14)21/h6-8,11,17,22,24H,5H2,1-4H3. The zero-order chi connectivity index (χ0) is 21.0. The van der Waals surface area contributed by atoms with Gasteiger partial charge >= 0.3 is 5.97 Å². The van der Waals surface area contributed by atoms with Gasteiger partial charge in [0.1, 0.15) is 16.9 Å². The van der Waals surface area contributed by atoms with Crippen LogP contribution in [0.1, 0.15) is 46.4 Å². The number of aliphatic hydroxyl groups is 1. The fourth-order valence-electron chi connectivity index (χ4n) is 2.49. The van der Waals surface area contributed by atoms with Crippen molar-refractivity contribution in [3.63, 3.8) is 0 Å². The largest absolute Gasteiger partial charge is 0.484 e. The highest BCUT2D eigenvalue weighted by Crippen LogP contribution is 2.35. The normalized spacial score (nSPS) is 13.0. The number of Topliss-reactive ketones (excluding diaryl/α,β-unsaturated/α-hetero) is 1. The predicted octanol–water partition coefficient (Wildman–Crippen LogP) is 4.94. The number of rotatable bonds is 8. The number of hydrogen-bond acceptors (Lipinski definition) is 7. The first-order valence-electron chi connectivity index (χ1n) is 8.53. The smallest absolute Gasteiger partial charge is 0.341 e. The summed E-state index contributed by atoms with van der Waals surface area (Å²) in [4.78, 5) is 24.6. The number of carbonyl (C=O) groups excluding carboxylic acids is 2. The van der Waals surface area contributed by atoms with E-state index in [1.165, 1.54) is 13.0 Å². The molecule has 0 radical (unpaired) electrons. The third kappa shape index (κ3) is 5.17. The molecule has 152 valence electrons. The minimum Gasteiger partial charge on any atom is -0.484 e. The summed E-state index contributed by atoms with van der Waals surface area (Å²) in [5.74, 6) is -0.377. The van der Waals surface area contributed by atoms with Crippen LogP contribution in [0.5, 0.6) is 5.75 Å². The van der Waals surface area contributed by atoms with Gasteiger partial charge in [-0.25, -0.2) is 4.79 Å². The third-order valence-electron chi connectivity index (χ3n) is 3.88. The van der Waals surface area contributed by atoms with Gasteiger partial charge in [-0.1, -0.05) is 23.2 Å². The second-order valence-electron chi connectivity index (χ2n) is 6.02. The number of halogens is 2. The summed E-state index contributed by atoms with van der Waals surface area (Å²) >= 11 is 13.0. The summed E-state index contributed by atoms with van der Waals surface area (Å²) in [6.07, 6.45) is -1.91. The van der Waals surface area contributed by atoms with E-state index in [1.54, 1.807) is 32.9 Å². The predicted molar refractivity (Wildman–Crippen MR) is 111 cm³/mol. The number of ether oxygens (including phenoxy) is 2. The zero-order valence-electron chi connectivity index (χ0n) is 15.8. The van der Waals surface area contributed by atoms with Gasteiger partial charge in [0.05, 0.1) is 22.1 Å². The lowest BCUT2D eigenvalue weighted by molar-refractivity contribution is 0.0524. The fraction of sp³-hybridized carbons (Fsp3) is 0.368. The summed E-state index contributed by atoms with van der Waals surface area (Å²) in [5.41, 5.74) is 0.743. The van der Waals surface area contributed by atoms with Crippen LogP contribution < -0.4 is 10.1 Å². The Kier molecular flexibility index (Phi) is 7.71. The van der Waals surface area contributed by atoms with E-state index in [9.17, 15) is 14.7 Å². The zero-order valence-corrected chi connectivity index (χ0v) is 18.2. The van der Waals surface area contributed by atoms with Crippen LogP contribution in [-0.2, 0) is 4.74 Å². The second kappa shape index (κ2) is 9.60. The molecule has 1 aromatic carbocycles. The van der Waals surface area contributed by atoms with Crippen molar-refractivity contribution in [3.8, 4) is 5.75 Å². The molecule has 2 atom stereocenters. The van der Waals surface area contributed by atoms with Crippen LogP contribution in [0.15, 0.2) is 18.2 Å². The fourth-order valence-corrected chi connectivity index (χ4v) is 4.06. The Balaban J connectivity index is 2.24. The molecule has 6 nitrogen and oxygen atoms in total. The average molecular weight is 446 g/mol. The quantitative estimate of drug-likeness (QED) is 0.340. The minimum atomic E-state index is -1.18. The second-order valence-corrected chi connectivity index (χ2v) is 7.89. The highest BCUT2D eigenvalue weighted by molar-refractivity contribution is 7.18. The Morgan fingerprint density at radius 2 is 2.00 bits per heavy atom. The van der Waals surface area contributed by atoms with Crippen molar-refractivity contribution in [3.05, 3.63) is 44.2 Å². The van der Waals surface area contributed by atoms with Crippen molar-refractivity contribution in [1.82, 2.24) is 0 Å². The molecule has 0 saturated carbocycles. The summed E-state index contributed by atoms with van der Waals surface area (Å²) in [7, 11) is 0. The Morgan fingerprint density at radius 3 is 2.57 bits per heavy atom. The van der Waals surface area contributed by atoms with Gasteiger partial charge in [-0.05, 0) is 51.5 Å². The summed E-state index contributed by atoms with van der Waals surface area (Å²) in [6, 6.07) is 4.75. The minimum absolute atomic E-state index is 0.173. The number of aliphatic hydroxyl groups excluding tert-OH is 1. The van der Waals surface area contributed by atoms with Gasteiger partial charge in [0.2, 0.25) is 0 Å². The molecule has 0 aliphatic rings. The Morgan fingerprint density at radius 1 is 1.32 bits per heavy atom. The van der Waals surface area contributed by atoms with Crippen molar-refractivity contribution in [2.24, 2.45) is 0 Å². The number of esters is 1. The van der Waals surface area contributed by atoms with E-state index in [-0.39, 0.29) is 18.0 Å². The molecule has 0 saturated heterocycles. The first kappa shape index (κ1) is 22.5. The Bertz CT molecular complexity index is 883. The van der Waals surface area contributed by atoms with Gasteiger partial charge in [0.25, 0.3) is 0 Å². The molecular weight excluding hydrogens is 425 g/mol. The third-order valence-corrected chi connectivity index (χ3v) is 5.73. The molecule has 2 aromatic rings. The number of ketones is 1. The molecule has 28 heavy (non-hydrogen) atoms. The van der Waals surface area contributed by atoms with Crippen molar-refractivity contribution < 1.29 is 24.2 Å². The van der Waals surface area contributed by atoms with E-state index in [0.29, 0.717) is 31.2 Å². The lowest BCUT2D eigenvalue weighted by atomic mass is 10.1. The molecule has 2 N–H and O–H groups in total. The number of carbonyl (C=O) groups is 2. The lowest BCUT2D eigenvalue weighted by Crippen LogP contribution is -2.35. The average Bonchev–Trinajstić information content (AvgIpc) is 2.93. The number of anilines is 1. The van der Waals surface area contributed by atoms with Crippen LogP contribution >= 0.6 is 34.5 Å². The first-order valence-corrected chi connectivity index (χ1v) is 10.1. The summed E-state index contributed by atoms with van der Waals surface area (Å²) in [6.45, 7) is 6.62. The van der Waals surface area contributed by atoms with E-state index in [1.807, 2.05) is 0 Å². The van der Waals surface area contributed by atoms with E-state index in [4.69, 9.17) is 32.7 Å². The number of thiophene rings is 1. The highest BCUT2D eigenvalue weighted by Gasteiger charge is 2.27. The van der Waals surface area contributed by atoms with Crippen molar-refractivity contribution in [1.29, 1.82) is 0 Å². The van der Waals surface area contributed by atoms with Gasteiger partial charge in [-0.3, -0.25) is 4.79 Å². The van der Waals surface area contributed by atoms with Crippen molar-refractivity contribution >= 4 is 51.3 Å². The van der Waals surface area contributed by atoms with E-state index >= 15 is 0 Å². The highest BCUT2D eigenvalue weighted by atomic mass is 35.5. The van der Waals surface area contributed by atoms with Gasteiger partial charge in [0, 0.05) is 5.02 Å². The molecule has 0 fully saturated rings. The molecule has 1 heterocycles. The molecule has 0 amide bonds. The number of benzene rings is 1. The van der Waals surface area contributed by atoms with E-state index in [0.717, 1.165) is 11.3 Å². The molecule has 0 bridgehead atoms. The van der Waals surface area contributed by atoms with Crippen LogP contribution in [0.2, 0.25) is 10.0 Å². The van der Waals surface area contributed by atoms with Crippen LogP contribution in [0.4, 0.5) is 5.00 Å². The lowest BCUT2D eigenvalue weighted by Gasteiger charge is -2.22. The summed E-state index contributed by atoms with van der Waals surface area (Å²) < 4.78 is 10.8. The van der Waals surface area contributed by atoms with Gasteiger partial charge in [0.15, 0.2) is 12.0 Å². The molecule has 1 aromatic heterocycles. The molecule has 0 aliphatic heterocycles. The van der Waals surface area contributed by atoms with Gasteiger partial charge in [-0.2, -0.15) is 0 Å². The van der Waals surface area contributed by atoms with Crippen molar-refractivity contribution in [2.45, 2.75) is 40.0 Å². The van der Waals surface area contributed by atoms with Crippen LogP contribution in [0.3, 0.4) is 0 Å². The van der Waals surface area contributed by atoms with Crippen LogP contribution in [-0.4, -0.2) is 35.8 Å². The number of hydrogen-bond donors (Lipinski definition) is 2. The maximum atomic E-state index is 12.3. The van der Waals surface area contributed by atoms with Gasteiger partial charge < -0.3 is 19.9 Å². The number of nitrogens with one attached hydrogen (secondary N) is 1. The summed E-state index contributed by atoms with van der Waals surface area (Å²) in [5, 5.41) is 14.5. The van der Waals surface area contributed by atoms with E-state index in [2.05, 4.69) is 5.32 Å². The van der Waals surface area contributed by atoms with Gasteiger partial charge in [-0.15, -0.1) is 11.3 Å². The topological polar surface area (TPSA) is 84.9 Å². The molecule has 0 spiro atoms. The monoisotopic (exact) mass is 445 g/mol. The van der Waals surface area contributed by atoms with E-state index < -0.39 is 18.3 Å². The van der Waals surface area contributed by atoms with Crippen LogP contribution in [0.25, 0.3) is 0 Å². The van der Waals surface area contributed by atoms with Crippen LogP contribution in [0, 0.1) is 6.92 Å². The maximum Gasteiger partial charge on any atom is 0.341 e. The molecule has 9 heteroatoms. The Labute approximate surface area is 177 Å². The molecule has 2 rings (SSSR count).